The summed E-state index contributed by atoms with van der Waals surface area (Å²) in [7, 11) is 0. The van der Waals surface area contributed by atoms with Crippen molar-refractivity contribution in [1.29, 1.82) is 0 Å². The number of hydrogen-bond acceptors (Lipinski definition) is 7. The zero-order valence-electron chi connectivity index (χ0n) is 20.5. The van der Waals surface area contributed by atoms with Crippen LogP contribution in [0.2, 0.25) is 0 Å². The number of ether oxygens (including phenoxy) is 1. The molecule has 0 radical (unpaired) electrons. The van der Waals surface area contributed by atoms with Gasteiger partial charge in [-0.1, -0.05) is 25.9 Å². The topological polar surface area (TPSA) is 130 Å². The van der Waals surface area contributed by atoms with Crippen LogP contribution in [0.15, 0.2) is 53.2 Å². The van der Waals surface area contributed by atoms with Gasteiger partial charge in [-0.15, -0.1) is 12.4 Å². The highest BCUT2D eigenvalue weighted by molar-refractivity contribution is 6.03. The minimum atomic E-state index is -0.453. The summed E-state index contributed by atoms with van der Waals surface area (Å²) in [4.78, 5) is 29.0. The minimum absolute atomic E-state index is 0. The van der Waals surface area contributed by atoms with Crippen LogP contribution in [0.1, 0.15) is 43.4 Å². The molecule has 2 aromatic heterocycles. The average molecular weight is 515 g/mol. The maximum atomic E-state index is 12.5. The van der Waals surface area contributed by atoms with E-state index in [2.05, 4.69) is 31.4 Å². The second-order valence-corrected chi connectivity index (χ2v) is 9.49. The molecule has 3 aromatic rings. The molecule has 1 aliphatic rings. The fourth-order valence-corrected chi connectivity index (χ4v) is 3.47. The van der Waals surface area contributed by atoms with Crippen LogP contribution in [0.4, 0.5) is 22.0 Å². The number of carbonyl (C=O) groups excluding carboxylic acids is 2. The molecule has 3 heterocycles. The van der Waals surface area contributed by atoms with Gasteiger partial charge >= 0.3 is 6.03 Å². The van der Waals surface area contributed by atoms with E-state index in [1.54, 1.807) is 48.7 Å². The molecule has 0 aliphatic carbocycles. The third kappa shape index (κ3) is 7.43. The number of nitrogens with one attached hydrogen (secondary N) is 4. The number of rotatable bonds is 7. The van der Waals surface area contributed by atoms with Gasteiger partial charge in [0.15, 0.2) is 5.82 Å². The summed E-state index contributed by atoms with van der Waals surface area (Å²) < 4.78 is 11.0. The van der Waals surface area contributed by atoms with Crippen LogP contribution in [0, 0.1) is 5.92 Å². The van der Waals surface area contributed by atoms with Crippen LogP contribution in [-0.2, 0) is 5.41 Å². The summed E-state index contributed by atoms with van der Waals surface area (Å²) in [5.74, 6) is 1.81. The standard InChI is InChI=1S/C25H30N6O4.ClH/c1-25(2,3)21-12-22(31-35-21)30-24(33)29-18-6-4-17(5-7-18)28-23(32)20-9-8-19(14-27-20)34-15-16-10-11-26-13-16;/h4-9,12,14,16,26H,10-11,13,15H2,1-3H3,(H,28,32)(H2,29,30,31,33);1H/t16-;/m1./s1. The molecule has 4 N–H and O–H groups in total. The Bertz CT molecular complexity index is 1150. The first-order valence-corrected chi connectivity index (χ1v) is 11.5. The molecule has 36 heavy (non-hydrogen) atoms. The van der Waals surface area contributed by atoms with Gasteiger partial charge in [0.25, 0.3) is 5.91 Å². The Balaban J connectivity index is 0.00000361. The van der Waals surface area contributed by atoms with Crippen molar-refractivity contribution in [3.05, 3.63) is 60.1 Å². The first-order valence-electron chi connectivity index (χ1n) is 11.5. The Morgan fingerprint density at radius 3 is 2.39 bits per heavy atom. The number of pyridine rings is 1. The SMILES string of the molecule is CC(C)(C)c1cc(NC(=O)Nc2ccc(NC(=O)c3ccc(OC[C@@H]4CCNC4)cn3)cc2)no1.Cl. The lowest BCUT2D eigenvalue weighted by Gasteiger charge is -2.12. The van der Waals surface area contributed by atoms with Crippen LogP contribution in [0.25, 0.3) is 0 Å². The Morgan fingerprint density at radius 2 is 1.81 bits per heavy atom. The Morgan fingerprint density at radius 1 is 1.08 bits per heavy atom. The average Bonchev–Trinajstić information content (AvgIpc) is 3.51. The van der Waals surface area contributed by atoms with Crippen LogP contribution >= 0.6 is 12.4 Å². The fraction of sp³-hybridized carbons (Fsp3) is 0.360. The van der Waals surface area contributed by atoms with Gasteiger partial charge in [-0.3, -0.25) is 10.1 Å². The molecule has 11 heteroatoms. The van der Waals surface area contributed by atoms with Crippen LogP contribution in [0.3, 0.4) is 0 Å². The largest absolute Gasteiger partial charge is 0.492 e. The van der Waals surface area contributed by atoms with E-state index in [1.165, 1.54) is 0 Å². The molecule has 1 aliphatic heterocycles. The first kappa shape index (κ1) is 27.0. The van der Waals surface area contributed by atoms with Crippen molar-refractivity contribution in [2.45, 2.75) is 32.6 Å². The molecule has 1 atom stereocenters. The van der Waals surface area contributed by atoms with Crippen molar-refractivity contribution in [3.63, 3.8) is 0 Å². The number of amides is 3. The molecule has 1 fully saturated rings. The normalized spacial score (nSPS) is 15.0. The van der Waals surface area contributed by atoms with Gasteiger partial charge in [-0.2, -0.15) is 0 Å². The molecular formula is C25H31ClN6O4. The molecule has 0 saturated carbocycles. The highest BCUT2D eigenvalue weighted by atomic mass is 35.5. The maximum absolute atomic E-state index is 12.5. The molecular weight excluding hydrogens is 484 g/mol. The van der Waals surface area contributed by atoms with E-state index in [0.29, 0.717) is 41.2 Å². The van der Waals surface area contributed by atoms with Crippen molar-refractivity contribution in [3.8, 4) is 5.75 Å². The van der Waals surface area contributed by atoms with E-state index in [1.807, 2.05) is 20.8 Å². The Labute approximate surface area is 216 Å². The maximum Gasteiger partial charge on any atom is 0.324 e. The lowest BCUT2D eigenvalue weighted by atomic mass is 9.93. The molecule has 10 nitrogen and oxygen atoms in total. The number of carbonyl (C=O) groups is 2. The second kappa shape index (κ2) is 11.9. The molecule has 0 bridgehead atoms. The number of aromatic nitrogens is 2. The third-order valence-corrected chi connectivity index (χ3v) is 5.51. The highest BCUT2D eigenvalue weighted by Crippen LogP contribution is 2.24. The monoisotopic (exact) mass is 514 g/mol. The van der Waals surface area contributed by atoms with Gasteiger partial charge in [0.05, 0.1) is 12.8 Å². The van der Waals surface area contributed by atoms with E-state index < -0.39 is 6.03 Å². The first-order chi connectivity index (χ1) is 16.8. The van der Waals surface area contributed by atoms with Crippen molar-refractivity contribution < 1.29 is 18.8 Å². The Hall–Kier alpha value is -3.63. The summed E-state index contributed by atoms with van der Waals surface area (Å²) in [6.45, 7) is 8.60. The van der Waals surface area contributed by atoms with E-state index >= 15 is 0 Å². The summed E-state index contributed by atoms with van der Waals surface area (Å²) in [6.07, 6.45) is 2.66. The molecule has 4 rings (SSSR count). The summed E-state index contributed by atoms with van der Waals surface area (Å²) in [5.41, 5.74) is 1.20. The van der Waals surface area contributed by atoms with Gasteiger partial charge in [0.2, 0.25) is 0 Å². The molecule has 0 spiro atoms. The number of benzene rings is 1. The summed E-state index contributed by atoms with van der Waals surface area (Å²) in [6, 6.07) is 11.4. The number of halogens is 1. The number of urea groups is 1. The number of anilines is 3. The quantitative estimate of drug-likeness (QED) is 0.360. The van der Waals surface area contributed by atoms with E-state index in [0.717, 1.165) is 19.5 Å². The van der Waals surface area contributed by atoms with Crippen LogP contribution < -0.4 is 26.0 Å². The van der Waals surface area contributed by atoms with E-state index in [-0.39, 0.29) is 29.4 Å². The van der Waals surface area contributed by atoms with Crippen LogP contribution in [0.5, 0.6) is 5.75 Å². The summed E-state index contributed by atoms with van der Waals surface area (Å²) in [5, 5.41) is 15.3. The lowest BCUT2D eigenvalue weighted by molar-refractivity contribution is 0.102. The van der Waals surface area contributed by atoms with E-state index in [4.69, 9.17) is 9.26 Å². The zero-order valence-corrected chi connectivity index (χ0v) is 21.3. The molecule has 3 amide bonds. The fourth-order valence-electron chi connectivity index (χ4n) is 3.47. The Kier molecular flexibility index (Phi) is 8.89. The third-order valence-electron chi connectivity index (χ3n) is 5.51. The van der Waals surface area contributed by atoms with Crippen LogP contribution in [-0.4, -0.2) is 41.8 Å². The second-order valence-electron chi connectivity index (χ2n) is 9.49. The molecule has 0 unspecified atom stereocenters. The predicted molar refractivity (Wildman–Crippen MR) is 140 cm³/mol. The van der Waals surface area contributed by atoms with Gasteiger partial charge < -0.3 is 25.2 Å². The molecule has 1 aromatic carbocycles. The van der Waals surface area contributed by atoms with Gasteiger partial charge in [-0.25, -0.2) is 9.78 Å². The van der Waals surface area contributed by atoms with Crippen molar-refractivity contribution in [1.82, 2.24) is 15.5 Å². The lowest BCUT2D eigenvalue weighted by Crippen LogP contribution is -2.19. The molecule has 192 valence electrons. The van der Waals surface area contributed by atoms with Crippen molar-refractivity contribution >= 4 is 41.5 Å². The van der Waals surface area contributed by atoms with Gasteiger partial charge in [0, 0.05) is 35.3 Å². The van der Waals surface area contributed by atoms with Gasteiger partial charge in [0.1, 0.15) is 17.2 Å². The number of nitrogens with zero attached hydrogens (tertiary/aromatic N) is 2. The van der Waals surface area contributed by atoms with E-state index in [9.17, 15) is 9.59 Å². The molecule has 1 saturated heterocycles. The predicted octanol–water partition coefficient (Wildman–Crippen LogP) is 4.67. The smallest absolute Gasteiger partial charge is 0.324 e. The number of hydrogen-bond donors (Lipinski definition) is 4. The van der Waals surface area contributed by atoms with Gasteiger partial charge in [-0.05, 0) is 49.4 Å². The zero-order chi connectivity index (χ0) is 24.8. The minimum Gasteiger partial charge on any atom is -0.492 e. The van der Waals surface area contributed by atoms with Crippen molar-refractivity contribution in [2.75, 3.05) is 35.6 Å². The van der Waals surface area contributed by atoms with Crippen molar-refractivity contribution in [2.24, 2.45) is 5.92 Å². The highest BCUT2D eigenvalue weighted by Gasteiger charge is 2.20. The summed E-state index contributed by atoms with van der Waals surface area (Å²) >= 11 is 0.